The number of imidazole rings is 1. The van der Waals surface area contributed by atoms with Crippen molar-refractivity contribution in [3.63, 3.8) is 0 Å². The zero-order valence-corrected chi connectivity index (χ0v) is 15.7. The van der Waals surface area contributed by atoms with Gasteiger partial charge < -0.3 is 9.47 Å². The van der Waals surface area contributed by atoms with E-state index in [9.17, 15) is 9.18 Å². The largest absolute Gasteiger partial charge is 0.336 e. The SMILES string of the molecule is O=C(c1cc(F)ccc1-n1ccnc1)N1CCN(CCc2cccs2)CC1. The number of thiophene rings is 1. The molecule has 140 valence electrons. The first-order valence-corrected chi connectivity index (χ1v) is 9.90. The van der Waals surface area contributed by atoms with E-state index in [4.69, 9.17) is 0 Å². The Hall–Kier alpha value is -2.51. The maximum atomic E-state index is 13.8. The first-order chi connectivity index (χ1) is 13.2. The molecule has 0 N–H and O–H groups in total. The van der Waals surface area contributed by atoms with E-state index in [1.54, 1.807) is 40.7 Å². The van der Waals surface area contributed by atoms with Crippen LogP contribution in [0.2, 0.25) is 0 Å². The van der Waals surface area contributed by atoms with Crippen molar-refractivity contribution in [3.8, 4) is 5.69 Å². The second-order valence-corrected chi connectivity index (χ2v) is 7.63. The third kappa shape index (κ3) is 4.09. The molecule has 0 aliphatic carbocycles. The van der Waals surface area contributed by atoms with Gasteiger partial charge in [-0.3, -0.25) is 9.69 Å². The molecule has 1 fully saturated rings. The average molecular weight is 384 g/mol. The number of carbonyl (C=O) groups is 1. The summed E-state index contributed by atoms with van der Waals surface area (Å²) in [5, 5.41) is 2.10. The van der Waals surface area contributed by atoms with Crippen LogP contribution in [0.1, 0.15) is 15.2 Å². The molecule has 4 rings (SSSR count). The van der Waals surface area contributed by atoms with Gasteiger partial charge >= 0.3 is 0 Å². The van der Waals surface area contributed by atoms with Gasteiger partial charge in [0.2, 0.25) is 0 Å². The second kappa shape index (κ2) is 8.02. The fraction of sp³-hybridized carbons (Fsp3) is 0.300. The van der Waals surface area contributed by atoms with Crippen molar-refractivity contribution in [2.45, 2.75) is 6.42 Å². The number of nitrogens with zero attached hydrogens (tertiary/aromatic N) is 4. The Morgan fingerprint density at radius 3 is 2.74 bits per heavy atom. The molecular formula is C20H21FN4OS. The van der Waals surface area contributed by atoms with Crippen LogP contribution in [-0.2, 0) is 6.42 Å². The van der Waals surface area contributed by atoms with Gasteiger partial charge in [0.25, 0.3) is 5.91 Å². The summed E-state index contributed by atoms with van der Waals surface area (Å²) in [6, 6.07) is 8.55. The standard InChI is InChI=1S/C20H21FN4OS/c21-16-3-4-19(25-8-6-22-15-25)18(14-16)20(26)24-11-9-23(10-12-24)7-5-17-2-1-13-27-17/h1-4,6,8,13-15H,5,7,9-12H2. The molecular weight excluding hydrogens is 363 g/mol. The maximum Gasteiger partial charge on any atom is 0.256 e. The van der Waals surface area contributed by atoms with Crippen molar-refractivity contribution in [1.29, 1.82) is 0 Å². The highest BCUT2D eigenvalue weighted by atomic mass is 32.1. The van der Waals surface area contributed by atoms with Crippen LogP contribution in [-0.4, -0.2) is 58.0 Å². The number of halogens is 1. The van der Waals surface area contributed by atoms with E-state index in [0.29, 0.717) is 24.3 Å². The zero-order chi connectivity index (χ0) is 18.6. The Labute approximate surface area is 161 Å². The van der Waals surface area contributed by atoms with E-state index < -0.39 is 5.82 Å². The summed E-state index contributed by atoms with van der Waals surface area (Å²) < 4.78 is 15.6. The smallest absolute Gasteiger partial charge is 0.256 e. The molecule has 1 amide bonds. The van der Waals surface area contributed by atoms with Gasteiger partial charge in [-0.05, 0) is 36.1 Å². The molecule has 0 bridgehead atoms. The average Bonchev–Trinajstić information content (AvgIpc) is 3.40. The fourth-order valence-corrected chi connectivity index (χ4v) is 4.07. The van der Waals surface area contributed by atoms with Gasteiger partial charge in [0, 0.05) is 50.0 Å². The summed E-state index contributed by atoms with van der Waals surface area (Å²) in [5.41, 5.74) is 1.03. The summed E-state index contributed by atoms with van der Waals surface area (Å²) in [7, 11) is 0. The Morgan fingerprint density at radius 1 is 1.19 bits per heavy atom. The van der Waals surface area contributed by atoms with Gasteiger partial charge in [-0.15, -0.1) is 11.3 Å². The molecule has 1 aromatic carbocycles. The van der Waals surface area contributed by atoms with E-state index >= 15 is 0 Å². The molecule has 3 heterocycles. The van der Waals surface area contributed by atoms with Gasteiger partial charge in [0.15, 0.2) is 0 Å². The minimum absolute atomic E-state index is 0.129. The van der Waals surface area contributed by atoms with Crippen LogP contribution < -0.4 is 0 Å². The lowest BCUT2D eigenvalue weighted by Gasteiger charge is -2.35. The quantitative estimate of drug-likeness (QED) is 0.679. The summed E-state index contributed by atoms with van der Waals surface area (Å²) in [4.78, 5) is 22.6. The Morgan fingerprint density at radius 2 is 2.04 bits per heavy atom. The van der Waals surface area contributed by atoms with Gasteiger partial charge in [-0.2, -0.15) is 0 Å². The molecule has 0 spiro atoms. The van der Waals surface area contributed by atoms with Gasteiger partial charge in [-0.25, -0.2) is 9.37 Å². The van der Waals surface area contributed by atoms with Crippen LogP contribution in [0.3, 0.4) is 0 Å². The summed E-state index contributed by atoms with van der Waals surface area (Å²) >= 11 is 1.78. The summed E-state index contributed by atoms with van der Waals surface area (Å²) in [5.74, 6) is -0.534. The monoisotopic (exact) mass is 384 g/mol. The number of rotatable bonds is 5. The predicted molar refractivity (Wildman–Crippen MR) is 104 cm³/mol. The Kier molecular flexibility index (Phi) is 5.31. The zero-order valence-electron chi connectivity index (χ0n) is 14.9. The minimum atomic E-state index is -0.406. The number of hydrogen-bond acceptors (Lipinski definition) is 4. The summed E-state index contributed by atoms with van der Waals surface area (Å²) in [6.07, 6.45) is 6.06. The lowest BCUT2D eigenvalue weighted by molar-refractivity contribution is 0.0638. The van der Waals surface area contributed by atoms with Crippen molar-refractivity contribution in [1.82, 2.24) is 19.4 Å². The predicted octanol–water partition coefficient (Wildman–Crippen LogP) is 3.07. The van der Waals surface area contributed by atoms with Crippen molar-refractivity contribution < 1.29 is 9.18 Å². The number of aromatic nitrogens is 2. The van der Waals surface area contributed by atoms with Gasteiger partial charge in [0.1, 0.15) is 5.82 Å². The molecule has 3 aromatic rings. The number of carbonyl (C=O) groups excluding carboxylic acids is 1. The minimum Gasteiger partial charge on any atom is -0.336 e. The topological polar surface area (TPSA) is 41.4 Å². The lowest BCUT2D eigenvalue weighted by atomic mass is 10.1. The molecule has 2 aromatic heterocycles. The molecule has 27 heavy (non-hydrogen) atoms. The van der Waals surface area contributed by atoms with E-state index in [1.807, 2.05) is 4.90 Å². The third-order valence-electron chi connectivity index (χ3n) is 4.89. The van der Waals surface area contributed by atoms with Crippen LogP contribution in [0.15, 0.2) is 54.4 Å². The molecule has 0 saturated carbocycles. The molecule has 1 aliphatic heterocycles. The van der Waals surface area contributed by atoms with Crippen molar-refractivity contribution in [3.05, 3.63) is 70.7 Å². The first-order valence-electron chi connectivity index (χ1n) is 9.02. The molecule has 1 aliphatic rings. The number of amides is 1. The highest BCUT2D eigenvalue weighted by Gasteiger charge is 2.24. The van der Waals surface area contributed by atoms with E-state index in [-0.39, 0.29) is 5.91 Å². The number of benzene rings is 1. The normalized spacial score (nSPS) is 15.2. The van der Waals surface area contributed by atoms with Crippen molar-refractivity contribution in [2.24, 2.45) is 0 Å². The first kappa shape index (κ1) is 17.9. The number of piperazine rings is 1. The van der Waals surface area contributed by atoms with Crippen molar-refractivity contribution >= 4 is 17.2 Å². The van der Waals surface area contributed by atoms with Crippen LogP contribution >= 0.6 is 11.3 Å². The van der Waals surface area contributed by atoms with Crippen LogP contribution in [0.4, 0.5) is 4.39 Å². The highest BCUT2D eigenvalue weighted by molar-refractivity contribution is 7.09. The van der Waals surface area contributed by atoms with Crippen molar-refractivity contribution in [2.75, 3.05) is 32.7 Å². The van der Waals surface area contributed by atoms with Gasteiger partial charge in [-0.1, -0.05) is 6.07 Å². The molecule has 0 unspecified atom stereocenters. The molecule has 1 saturated heterocycles. The second-order valence-electron chi connectivity index (χ2n) is 6.59. The van der Waals surface area contributed by atoms with Gasteiger partial charge in [0.05, 0.1) is 17.6 Å². The maximum absolute atomic E-state index is 13.8. The molecule has 5 nitrogen and oxygen atoms in total. The molecule has 0 radical (unpaired) electrons. The Balaban J connectivity index is 1.42. The fourth-order valence-electron chi connectivity index (χ4n) is 3.37. The van der Waals surface area contributed by atoms with Crippen LogP contribution in [0, 0.1) is 5.82 Å². The highest BCUT2D eigenvalue weighted by Crippen LogP contribution is 2.19. The Bertz CT molecular complexity index is 887. The van der Waals surface area contributed by atoms with E-state index in [1.165, 1.54) is 17.0 Å². The lowest BCUT2D eigenvalue weighted by Crippen LogP contribution is -2.49. The molecule has 7 heteroatoms. The van der Waals surface area contributed by atoms with Crippen LogP contribution in [0.5, 0.6) is 0 Å². The number of hydrogen-bond donors (Lipinski definition) is 0. The van der Waals surface area contributed by atoms with E-state index in [2.05, 4.69) is 27.4 Å². The molecule has 0 atom stereocenters. The summed E-state index contributed by atoms with van der Waals surface area (Å²) in [6.45, 7) is 3.99. The third-order valence-corrected chi connectivity index (χ3v) is 5.82. The van der Waals surface area contributed by atoms with E-state index in [0.717, 1.165) is 26.1 Å². The van der Waals surface area contributed by atoms with Crippen LogP contribution in [0.25, 0.3) is 5.69 Å².